The molecule has 0 bridgehead atoms. The van der Waals surface area contributed by atoms with Gasteiger partial charge in [-0.05, 0) is 41.5 Å². The molecule has 4 rings (SSSR count). The first-order valence-corrected chi connectivity index (χ1v) is 10.5. The summed E-state index contributed by atoms with van der Waals surface area (Å²) in [6.45, 7) is 0. The highest BCUT2D eigenvalue weighted by Gasteiger charge is 2.27. The number of hydrogen-bond donors (Lipinski definition) is 0. The van der Waals surface area contributed by atoms with Crippen molar-refractivity contribution >= 4 is 22.7 Å². The van der Waals surface area contributed by atoms with Crippen LogP contribution < -0.4 is 4.90 Å². The van der Waals surface area contributed by atoms with Crippen molar-refractivity contribution in [1.29, 1.82) is 0 Å². The summed E-state index contributed by atoms with van der Waals surface area (Å²) in [5.41, 5.74) is 2.75. The molecular weight excluding hydrogens is 384 g/mol. The van der Waals surface area contributed by atoms with Gasteiger partial charge in [0.05, 0.1) is 17.9 Å². The molecule has 8 heteroatoms. The van der Waals surface area contributed by atoms with Gasteiger partial charge in [-0.15, -0.1) is 0 Å². The van der Waals surface area contributed by atoms with Crippen molar-refractivity contribution in [2.45, 2.75) is 11.2 Å². The van der Waals surface area contributed by atoms with Gasteiger partial charge >= 0.3 is 5.16 Å². The van der Waals surface area contributed by atoms with Gasteiger partial charge in [0.2, 0.25) is 0 Å². The van der Waals surface area contributed by atoms with Crippen molar-refractivity contribution in [2.24, 2.45) is 0 Å². The molecule has 0 saturated heterocycles. The van der Waals surface area contributed by atoms with Crippen LogP contribution in [-0.4, -0.2) is 35.7 Å². The lowest BCUT2D eigenvalue weighted by Crippen LogP contribution is -2.27. The maximum atomic E-state index is 12.0. The van der Waals surface area contributed by atoms with E-state index in [2.05, 4.69) is 24.9 Å². The number of hydrogen-bond acceptors (Lipinski definition) is 7. The van der Waals surface area contributed by atoms with Crippen molar-refractivity contribution < 1.29 is 4.55 Å². The third-order valence-electron chi connectivity index (χ3n) is 4.31. The van der Waals surface area contributed by atoms with E-state index in [-0.39, 0.29) is 11.2 Å². The Bertz CT molecular complexity index is 1010. The molecule has 0 fully saturated rings. The first-order valence-electron chi connectivity index (χ1n) is 8.89. The SMILES string of the molecule is C[S+]([O-])c1nccc(N(c2cccnc2)C(c2cccnc2)c2cccnc2)n1. The zero-order valence-corrected chi connectivity index (χ0v) is 16.5. The second-order valence-corrected chi connectivity index (χ2v) is 7.48. The Hall–Kier alpha value is -3.36. The average Bonchev–Trinajstić information content (AvgIpc) is 2.79. The van der Waals surface area contributed by atoms with Crippen LogP contribution in [0.2, 0.25) is 0 Å². The zero-order valence-electron chi connectivity index (χ0n) is 15.7. The van der Waals surface area contributed by atoms with Crippen molar-refractivity contribution in [3.05, 3.63) is 97.0 Å². The van der Waals surface area contributed by atoms with E-state index in [0.29, 0.717) is 5.82 Å². The predicted octanol–water partition coefficient (Wildman–Crippen LogP) is 3.33. The molecular formula is C21H18N6OS. The fourth-order valence-electron chi connectivity index (χ4n) is 3.08. The third-order valence-corrected chi connectivity index (χ3v) is 5.02. The van der Waals surface area contributed by atoms with Crippen LogP contribution in [0.15, 0.2) is 91.0 Å². The minimum absolute atomic E-state index is 0.269. The van der Waals surface area contributed by atoms with Crippen molar-refractivity contribution in [3.8, 4) is 0 Å². The van der Waals surface area contributed by atoms with Crippen LogP contribution in [0.5, 0.6) is 0 Å². The molecule has 1 atom stereocenters. The molecule has 4 heterocycles. The van der Waals surface area contributed by atoms with Gasteiger partial charge in [0.25, 0.3) is 0 Å². The quantitative estimate of drug-likeness (QED) is 0.361. The van der Waals surface area contributed by atoms with Crippen molar-refractivity contribution in [3.63, 3.8) is 0 Å². The molecule has 0 radical (unpaired) electrons. The second kappa shape index (κ2) is 8.76. The Morgan fingerprint density at radius 1 is 0.828 bits per heavy atom. The van der Waals surface area contributed by atoms with Crippen LogP contribution in [0.25, 0.3) is 0 Å². The number of rotatable bonds is 6. The Morgan fingerprint density at radius 3 is 1.97 bits per heavy atom. The Labute approximate surface area is 171 Å². The normalized spacial score (nSPS) is 12.0. The summed E-state index contributed by atoms with van der Waals surface area (Å²) in [7, 11) is 0. The summed E-state index contributed by atoms with van der Waals surface area (Å²) >= 11 is -1.30. The smallest absolute Gasteiger partial charge is 0.344 e. The third kappa shape index (κ3) is 4.23. The fourth-order valence-corrected chi connectivity index (χ4v) is 3.51. The molecule has 4 aromatic heterocycles. The highest BCUT2D eigenvalue weighted by molar-refractivity contribution is 7.90. The van der Waals surface area contributed by atoms with Gasteiger partial charge in [0.15, 0.2) is 0 Å². The van der Waals surface area contributed by atoms with E-state index in [1.54, 1.807) is 43.3 Å². The second-order valence-electron chi connectivity index (χ2n) is 6.21. The van der Waals surface area contributed by atoms with Gasteiger partial charge in [0.1, 0.15) is 12.1 Å². The molecule has 4 aromatic rings. The highest BCUT2D eigenvalue weighted by Crippen LogP contribution is 2.37. The summed E-state index contributed by atoms with van der Waals surface area (Å²) in [6.07, 6.45) is 13.8. The summed E-state index contributed by atoms with van der Waals surface area (Å²) in [5.74, 6) is 0.607. The molecule has 144 valence electrons. The maximum absolute atomic E-state index is 12.0. The van der Waals surface area contributed by atoms with Crippen LogP contribution in [-0.2, 0) is 11.2 Å². The highest BCUT2D eigenvalue weighted by atomic mass is 32.2. The van der Waals surface area contributed by atoms with Gasteiger partial charge in [-0.2, -0.15) is 9.97 Å². The molecule has 0 aliphatic carbocycles. The summed E-state index contributed by atoms with van der Waals surface area (Å²) in [5, 5.41) is 0.271. The molecule has 1 unspecified atom stereocenters. The number of nitrogens with zero attached hydrogens (tertiary/aromatic N) is 6. The van der Waals surface area contributed by atoms with Crippen LogP contribution in [0.3, 0.4) is 0 Å². The van der Waals surface area contributed by atoms with Crippen LogP contribution in [0.1, 0.15) is 17.2 Å². The molecule has 0 spiro atoms. The van der Waals surface area contributed by atoms with Gasteiger partial charge < -0.3 is 9.45 Å². The fraction of sp³-hybridized carbons (Fsp3) is 0.0952. The van der Waals surface area contributed by atoms with Crippen molar-refractivity contribution in [1.82, 2.24) is 24.9 Å². The standard InChI is InChI=1S/C21H18N6OS/c1-29(28)21-25-12-8-19(26-21)27(18-7-4-11-24-15-18)20(16-5-2-9-22-13-16)17-6-3-10-23-14-17/h2-15,20H,1H3. The number of anilines is 2. The lowest BCUT2D eigenvalue weighted by atomic mass is 9.99. The largest absolute Gasteiger partial charge is 0.609 e. The predicted molar refractivity (Wildman–Crippen MR) is 111 cm³/mol. The first-order chi connectivity index (χ1) is 14.2. The van der Waals surface area contributed by atoms with Gasteiger partial charge in [0, 0.05) is 48.4 Å². The van der Waals surface area contributed by atoms with Gasteiger partial charge in [-0.1, -0.05) is 12.1 Å². The molecule has 29 heavy (non-hydrogen) atoms. The minimum atomic E-state index is -1.30. The first kappa shape index (κ1) is 19.0. The van der Waals surface area contributed by atoms with E-state index in [0.717, 1.165) is 16.8 Å². The van der Waals surface area contributed by atoms with E-state index in [1.165, 1.54) is 0 Å². The van der Waals surface area contributed by atoms with E-state index >= 15 is 0 Å². The van der Waals surface area contributed by atoms with Crippen LogP contribution in [0.4, 0.5) is 11.5 Å². The molecule has 0 saturated carbocycles. The molecule has 0 N–H and O–H groups in total. The van der Waals surface area contributed by atoms with Crippen LogP contribution >= 0.6 is 0 Å². The average molecular weight is 402 g/mol. The molecule has 7 nitrogen and oxygen atoms in total. The van der Waals surface area contributed by atoms with Gasteiger partial charge in [-0.3, -0.25) is 15.0 Å². The number of pyridine rings is 3. The van der Waals surface area contributed by atoms with E-state index in [9.17, 15) is 4.55 Å². The minimum Gasteiger partial charge on any atom is -0.609 e. The molecule has 0 aromatic carbocycles. The van der Waals surface area contributed by atoms with E-state index in [1.807, 2.05) is 53.7 Å². The molecule has 0 aliphatic heterocycles. The topological polar surface area (TPSA) is 90.8 Å². The van der Waals surface area contributed by atoms with Crippen molar-refractivity contribution in [2.75, 3.05) is 11.2 Å². The van der Waals surface area contributed by atoms with E-state index < -0.39 is 11.2 Å². The summed E-state index contributed by atoms with van der Waals surface area (Å²) in [4.78, 5) is 23.6. The Balaban J connectivity index is 1.94. The Kier molecular flexibility index (Phi) is 5.73. The summed E-state index contributed by atoms with van der Waals surface area (Å²) in [6, 6.07) is 13.2. The lowest BCUT2D eigenvalue weighted by Gasteiger charge is -2.33. The number of aromatic nitrogens is 5. The summed E-state index contributed by atoms with van der Waals surface area (Å²) < 4.78 is 12.0. The maximum Gasteiger partial charge on any atom is 0.344 e. The van der Waals surface area contributed by atoms with Gasteiger partial charge in [-0.25, -0.2) is 0 Å². The molecule has 0 amide bonds. The van der Waals surface area contributed by atoms with Crippen LogP contribution in [0, 0.1) is 0 Å². The monoisotopic (exact) mass is 402 g/mol. The van der Waals surface area contributed by atoms with E-state index in [4.69, 9.17) is 0 Å². The zero-order chi connectivity index (χ0) is 20.1. The lowest BCUT2D eigenvalue weighted by molar-refractivity contribution is 0.591. The molecule has 0 aliphatic rings. The Morgan fingerprint density at radius 2 is 1.45 bits per heavy atom.